The van der Waals surface area contributed by atoms with Gasteiger partial charge in [-0.2, -0.15) is 0 Å². The fraction of sp³-hybridized carbons (Fsp3) is 0.500. The molecule has 0 amide bonds. The van der Waals surface area contributed by atoms with E-state index in [4.69, 9.17) is 4.74 Å². The third-order valence-electron chi connectivity index (χ3n) is 4.22. The average molecular weight is 258 g/mol. The number of nitrogens with one attached hydrogen (secondary N) is 1. The molecule has 1 aromatic heterocycles. The summed E-state index contributed by atoms with van der Waals surface area (Å²) in [5, 5.41) is 4.84. The minimum atomic E-state index is 0.769. The number of fused-ring (bicyclic) bond motifs is 1. The van der Waals surface area contributed by atoms with Gasteiger partial charge >= 0.3 is 0 Å². The SMILES string of the molecule is COc1ccc(CC2CCCNC2)c2ccn(C)c12. The van der Waals surface area contributed by atoms with Gasteiger partial charge < -0.3 is 14.6 Å². The number of aromatic nitrogens is 1. The van der Waals surface area contributed by atoms with Gasteiger partial charge in [0.2, 0.25) is 0 Å². The monoisotopic (exact) mass is 258 g/mol. The number of hydrogen-bond acceptors (Lipinski definition) is 2. The van der Waals surface area contributed by atoms with Crippen LogP contribution in [0.4, 0.5) is 0 Å². The van der Waals surface area contributed by atoms with Crippen molar-refractivity contribution in [2.24, 2.45) is 13.0 Å². The summed E-state index contributed by atoms with van der Waals surface area (Å²) in [6.07, 6.45) is 5.93. The predicted molar refractivity (Wildman–Crippen MR) is 78.8 cm³/mol. The van der Waals surface area contributed by atoms with Crippen LogP contribution >= 0.6 is 0 Å². The number of ether oxygens (including phenoxy) is 1. The number of piperidine rings is 1. The Kier molecular flexibility index (Phi) is 3.47. The molecule has 0 radical (unpaired) electrons. The van der Waals surface area contributed by atoms with Crippen molar-refractivity contribution in [3.63, 3.8) is 0 Å². The van der Waals surface area contributed by atoms with Crippen LogP contribution in [0.25, 0.3) is 10.9 Å². The van der Waals surface area contributed by atoms with Gasteiger partial charge in [-0.15, -0.1) is 0 Å². The molecule has 0 aliphatic carbocycles. The van der Waals surface area contributed by atoms with E-state index in [2.05, 4.69) is 41.3 Å². The molecule has 3 nitrogen and oxygen atoms in total. The molecule has 102 valence electrons. The van der Waals surface area contributed by atoms with Gasteiger partial charge in [0.25, 0.3) is 0 Å². The summed E-state index contributed by atoms with van der Waals surface area (Å²) >= 11 is 0. The van der Waals surface area contributed by atoms with E-state index in [1.165, 1.54) is 35.9 Å². The molecule has 1 N–H and O–H groups in total. The molecule has 1 aliphatic rings. The summed E-state index contributed by atoms with van der Waals surface area (Å²) in [5.74, 6) is 1.73. The quantitative estimate of drug-likeness (QED) is 0.916. The van der Waals surface area contributed by atoms with Crippen LogP contribution in [0.3, 0.4) is 0 Å². The highest BCUT2D eigenvalue weighted by molar-refractivity contribution is 5.89. The number of methoxy groups -OCH3 is 1. The molecule has 0 saturated carbocycles. The Balaban J connectivity index is 1.95. The zero-order valence-electron chi connectivity index (χ0n) is 11.8. The van der Waals surface area contributed by atoms with Gasteiger partial charge in [-0.05, 0) is 56.0 Å². The van der Waals surface area contributed by atoms with Crippen molar-refractivity contribution in [1.29, 1.82) is 0 Å². The topological polar surface area (TPSA) is 26.2 Å². The smallest absolute Gasteiger partial charge is 0.143 e. The lowest BCUT2D eigenvalue weighted by atomic mass is 9.91. The lowest BCUT2D eigenvalue weighted by Crippen LogP contribution is -2.30. The van der Waals surface area contributed by atoms with Gasteiger partial charge in [0, 0.05) is 18.6 Å². The summed E-state index contributed by atoms with van der Waals surface area (Å²) in [5.41, 5.74) is 2.66. The minimum absolute atomic E-state index is 0.769. The molecule has 3 heteroatoms. The first-order chi connectivity index (χ1) is 9.29. The number of aryl methyl sites for hydroxylation is 1. The molecule has 3 rings (SSSR count). The van der Waals surface area contributed by atoms with Crippen LogP contribution in [0.5, 0.6) is 5.75 Å². The van der Waals surface area contributed by atoms with Crippen LogP contribution in [-0.2, 0) is 13.5 Å². The van der Waals surface area contributed by atoms with Crippen LogP contribution in [0.15, 0.2) is 24.4 Å². The van der Waals surface area contributed by atoms with Crippen molar-refractivity contribution in [2.45, 2.75) is 19.3 Å². The number of nitrogens with zero attached hydrogens (tertiary/aromatic N) is 1. The van der Waals surface area contributed by atoms with Gasteiger partial charge in [0.1, 0.15) is 5.75 Å². The molecular weight excluding hydrogens is 236 g/mol. The second-order valence-electron chi connectivity index (χ2n) is 5.53. The van der Waals surface area contributed by atoms with E-state index in [9.17, 15) is 0 Å². The Labute approximate surface area is 114 Å². The molecule has 1 unspecified atom stereocenters. The number of rotatable bonds is 3. The Hall–Kier alpha value is -1.48. The maximum Gasteiger partial charge on any atom is 0.143 e. The average Bonchev–Trinajstić information content (AvgIpc) is 2.84. The highest BCUT2D eigenvalue weighted by Crippen LogP contribution is 2.31. The summed E-state index contributed by atoms with van der Waals surface area (Å²) in [6, 6.07) is 6.55. The van der Waals surface area contributed by atoms with Crippen molar-refractivity contribution in [3.8, 4) is 5.75 Å². The van der Waals surface area contributed by atoms with Crippen molar-refractivity contribution in [1.82, 2.24) is 9.88 Å². The van der Waals surface area contributed by atoms with Gasteiger partial charge in [-0.3, -0.25) is 0 Å². The Morgan fingerprint density at radius 2 is 2.26 bits per heavy atom. The Morgan fingerprint density at radius 3 is 3.00 bits per heavy atom. The van der Waals surface area contributed by atoms with Crippen LogP contribution in [0, 0.1) is 5.92 Å². The zero-order valence-corrected chi connectivity index (χ0v) is 11.8. The van der Waals surface area contributed by atoms with Crippen molar-refractivity contribution in [2.75, 3.05) is 20.2 Å². The highest BCUT2D eigenvalue weighted by atomic mass is 16.5. The molecule has 1 aromatic carbocycles. The van der Waals surface area contributed by atoms with Gasteiger partial charge in [-0.1, -0.05) is 6.07 Å². The fourth-order valence-electron chi connectivity index (χ4n) is 3.19. The molecular formula is C16H22N2O. The van der Waals surface area contributed by atoms with Crippen molar-refractivity contribution < 1.29 is 4.74 Å². The van der Waals surface area contributed by atoms with Crippen molar-refractivity contribution in [3.05, 3.63) is 30.0 Å². The molecule has 1 saturated heterocycles. The normalized spacial score (nSPS) is 19.8. The third kappa shape index (κ3) is 2.35. The minimum Gasteiger partial charge on any atom is -0.495 e. The third-order valence-corrected chi connectivity index (χ3v) is 4.22. The van der Waals surface area contributed by atoms with E-state index in [0.29, 0.717) is 0 Å². The Morgan fingerprint density at radius 1 is 1.37 bits per heavy atom. The van der Waals surface area contributed by atoms with E-state index in [-0.39, 0.29) is 0 Å². The van der Waals surface area contributed by atoms with E-state index < -0.39 is 0 Å². The van der Waals surface area contributed by atoms with Gasteiger partial charge in [-0.25, -0.2) is 0 Å². The summed E-state index contributed by atoms with van der Waals surface area (Å²) in [6.45, 7) is 2.33. The molecule has 1 aliphatic heterocycles. The Bertz CT molecular complexity index is 567. The second kappa shape index (κ2) is 5.25. The van der Waals surface area contributed by atoms with Crippen LogP contribution in [-0.4, -0.2) is 24.8 Å². The first-order valence-corrected chi connectivity index (χ1v) is 7.11. The molecule has 0 spiro atoms. The molecule has 1 fully saturated rings. The van der Waals surface area contributed by atoms with Crippen molar-refractivity contribution >= 4 is 10.9 Å². The molecule has 1 atom stereocenters. The first-order valence-electron chi connectivity index (χ1n) is 7.11. The summed E-state index contributed by atoms with van der Waals surface area (Å²) in [7, 11) is 3.82. The second-order valence-corrected chi connectivity index (χ2v) is 5.53. The largest absolute Gasteiger partial charge is 0.495 e. The highest BCUT2D eigenvalue weighted by Gasteiger charge is 2.16. The van der Waals surface area contributed by atoms with E-state index in [1.807, 2.05) is 0 Å². The van der Waals surface area contributed by atoms with Crippen LogP contribution in [0.1, 0.15) is 18.4 Å². The number of benzene rings is 1. The summed E-state index contributed by atoms with van der Waals surface area (Å²) in [4.78, 5) is 0. The molecule has 2 aromatic rings. The summed E-state index contributed by atoms with van der Waals surface area (Å²) < 4.78 is 7.63. The van der Waals surface area contributed by atoms with Crippen LogP contribution < -0.4 is 10.1 Å². The lowest BCUT2D eigenvalue weighted by Gasteiger charge is -2.23. The maximum absolute atomic E-state index is 5.48. The lowest BCUT2D eigenvalue weighted by molar-refractivity contribution is 0.376. The first kappa shape index (κ1) is 12.5. The molecule has 19 heavy (non-hydrogen) atoms. The standard InChI is InChI=1S/C16H22N2O/c1-18-9-7-14-13(5-6-15(19-2)16(14)18)10-12-4-3-8-17-11-12/h5-7,9,12,17H,3-4,8,10-11H2,1-2H3. The van der Waals surface area contributed by atoms with Crippen LogP contribution in [0.2, 0.25) is 0 Å². The van der Waals surface area contributed by atoms with E-state index in [1.54, 1.807) is 7.11 Å². The zero-order chi connectivity index (χ0) is 13.2. The van der Waals surface area contributed by atoms with Gasteiger partial charge in [0.15, 0.2) is 0 Å². The van der Waals surface area contributed by atoms with E-state index in [0.717, 1.165) is 24.6 Å². The fourth-order valence-corrected chi connectivity index (χ4v) is 3.19. The number of hydrogen-bond donors (Lipinski definition) is 1. The predicted octanol–water partition coefficient (Wildman–Crippen LogP) is 2.73. The van der Waals surface area contributed by atoms with E-state index >= 15 is 0 Å². The maximum atomic E-state index is 5.48. The van der Waals surface area contributed by atoms with Gasteiger partial charge in [0.05, 0.1) is 12.6 Å². The molecule has 2 heterocycles. The molecule has 0 bridgehead atoms.